The summed E-state index contributed by atoms with van der Waals surface area (Å²) >= 11 is 4.97. The Hall–Kier alpha value is -0.980. The molecule has 1 fully saturated rings. The molecule has 0 aromatic heterocycles. The summed E-state index contributed by atoms with van der Waals surface area (Å²) in [6.07, 6.45) is 3.74. The van der Waals surface area contributed by atoms with Gasteiger partial charge < -0.3 is 5.73 Å². The van der Waals surface area contributed by atoms with E-state index < -0.39 is 10.0 Å². The fourth-order valence-electron chi connectivity index (χ4n) is 2.59. The number of rotatable bonds is 6. The van der Waals surface area contributed by atoms with Gasteiger partial charge >= 0.3 is 0 Å². The van der Waals surface area contributed by atoms with Crippen LogP contribution >= 0.6 is 12.2 Å². The van der Waals surface area contributed by atoms with Crippen LogP contribution in [0.5, 0.6) is 0 Å². The van der Waals surface area contributed by atoms with E-state index in [9.17, 15) is 8.42 Å². The maximum Gasteiger partial charge on any atom is 0.216 e. The van der Waals surface area contributed by atoms with Gasteiger partial charge in [0.25, 0.3) is 0 Å². The summed E-state index contributed by atoms with van der Waals surface area (Å²) in [6.45, 7) is 2.02. The van der Waals surface area contributed by atoms with E-state index in [0.29, 0.717) is 11.1 Å². The van der Waals surface area contributed by atoms with Gasteiger partial charge in [-0.2, -0.15) is 0 Å². The van der Waals surface area contributed by atoms with Gasteiger partial charge in [0.15, 0.2) is 0 Å². The van der Waals surface area contributed by atoms with Crippen LogP contribution in [0.15, 0.2) is 24.3 Å². The number of hydrogen-bond donors (Lipinski definition) is 2. The molecule has 1 aromatic rings. The Bertz CT molecular complexity index is 602. The molecule has 3 N–H and O–H groups in total. The Kier molecular flexibility index (Phi) is 4.46. The van der Waals surface area contributed by atoms with Crippen molar-refractivity contribution in [2.24, 2.45) is 5.73 Å². The molecule has 0 aliphatic heterocycles. The molecule has 1 saturated carbocycles. The molecule has 0 unspecified atom stereocenters. The molecule has 1 aromatic carbocycles. The first kappa shape index (κ1) is 15.4. The van der Waals surface area contributed by atoms with E-state index >= 15 is 0 Å². The molecule has 110 valence electrons. The lowest BCUT2D eigenvalue weighted by Crippen LogP contribution is -2.53. The van der Waals surface area contributed by atoms with Crippen LogP contribution in [-0.4, -0.2) is 18.9 Å². The largest absolute Gasteiger partial charge is 0.389 e. The van der Waals surface area contributed by atoms with Crippen molar-refractivity contribution >= 4 is 27.2 Å². The first-order valence-electron chi connectivity index (χ1n) is 6.77. The summed E-state index contributed by atoms with van der Waals surface area (Å²) < 4.78 is 27.6. The predicted octanol–water partition coefficient (Wildman–Crippen LogP) is 2.07. The van der Waals surface area contributed by atoms with Crippen LogP contribution in [0, 0.1) is 0 Å². The molecule has 20 heavy (non-hydrogen) atoms. The maximum absolute atomic E-state index is 12.3. The molecule has 1 aliphatic carbocycles. The van der Waals surface area contributed by atoms with Gasteiger partial charge in [0, 0.05) is 11.1 Å². The zero-order valence-corrected chi connectivity index (χ0v) is 13.2. The Balaban J connectivity index is 2.18. The van der Waals surface area contributed by atoms with Crippen molar-refractivity contribution in [2.45, 2.75) is 43.9 Å². The Labute approximate surface area is 125 Å². The lowest BCUT2D eigenvalue weighted by Gasteiger charge is -2.41. The second-order valence-electron chi connectivity index (χ2n) is 5.37. The summed E-state index contributed by atoms with van der Waals surface area (Å²) in [6, 6.07) is 7.11. The Morgan fingerprint density at radius 1 is 1.40 bits per heavy atom. The smallest absolute Gasteiger partial charge is 0.216 e. The van der Waals surface area contributed by atoms with Gasteiger partial charge in [0.05, 0.1) is 5.75 Å². The average molecular weight is 312 g/mol. The topological polar surface area (TPSA) is 72.2 Å². The SMILES string of the molecule is CCC1(NS(=O)(=O)Cc2ccccc2C(N)=S)CCC1. The van der Waals surface area contributed by atoms with Crippen molar-refractivity contribution in [3.8, 4) is 0 Å². The van der Waals surface area contributed by atoms with Crippen LogP contribution in [0.25, 0.3) is 0 Å². The van der Waals surface area contributed by atoms with Crippen molar-refractivity contribution in [2.75, 3.05) is 0 Å². The third-order valence-electron chi connectivity index (χ3n) is 3.99. The molecule has 6 heteroatoms. The minimum atomic E-state index is -3.39. The summed E-state index contributed by atoms with van der Waals surface area (Å²) in [5, 5.41) is 0. The number of nitrogens with one attached hydrogen (secondary N) is 1. The van der Waals surface area contributed by atoms with Crippen LogP contribution in [0.2, 0.25) is 0 Å². The van der Waals surface area contributed by atoms with Gasteiger partial charge in [-0.1, -0.05) is 43.4 Å². The Morgan fingerprint density at radius 2 is 2.05 bits per heavy atom. The molecule has 0 radical (unpaired) electrons. The highest BCUT2D eigenvalue weighted by molar-refractivity contribution is 7.88. The molecule has 2 rings (SSSR count). The summed E-state index contributed by atoms with van der Waals surface area (Å²) in [5.74, 6) is -0.0811. The van der Waals surface area contributed by atoms with E-state index in [1.807, 2.05) is 6.92 Å². The summed E-state index contributed by atoms with van der Waals surface area (Å²) in [5.41, 5.74) is 6.68. The summed E-state index contributed by atoms with van der Waals surface area (Å²) in [4.78, 5) is 0.227. The average Bonchev–Trinajstić information content (AvgIpc) is 2.34. The van der Waals surface area contributed by atoms with Crippen LogP contribution in [0.3, 0.4) is 0 Å². The fourth-order valence-corrected chi connectivity index (χ4v) is 4.53. The molecule has 0 saturated heterocycles. The van der Waals surface area contributed by atoms with Crippen molar-refractivity contribution < 1.29 is 8.42 Å². The van der Waals surface area contributed by atoms with Gasteiger partial charge in [-0.05, 0) is 31.2 Å². The minimum absolute atomic E-state index is 0.0811. The molecule has 0 amide bonds. The van der Waals surface area contributed by atoms with Gasteiger partial charge in [-0.15, -0.1) is 0 Å². The highest BCUT2D eigenvalue weighted by Crippen LogP contribution is 2.35. The lowest BCUT2D eigenvalue weighted by molar-refractivity contribution is 0.213. The van der Waals surface area contributed by atoms with Crippen LogP contribution in [0.1, 0.15) is 43.7 Å². The zero-order valence-electron chi connectivity index (χ0n) is 11.6. The van der Waals surface area contributed by atoms with Crippen molar-refractivity contribution in [1.82, 2.24) is 4.72 Å². The van der Waals surface area contributed by atoms with E-state index in [-0.39, 0.29) is 16.3 Å². The number of thiocarbonyl (C=S) groups is 1. The number of nitrogens with two attached hydrogens (primary N) is 1. The van der Waals surface area contributed by atoms with Crippen molar-refractivity contribution in [3.05, 3.63) is 35.4 Å². The minimum Gasteiger partial charge on any atom is -0.389 e. The third-order valence-corrected chi connectivity index (χ3v) is 5.64. The summed E-state index contributed by atoms with van der Waals surface area (Å²) in [7, 11) is -3.39. The van der Waals surface area contributed by atoms with Crippen molar-refractivity contribution in [3.63, 3.8) is 0 Å². The maximum atomic E-state index is 12.3. The van der Waals surface area contributed by atoms with Gasteiger partial charge in [0.1, 0.15) is 4.99 Å². The molecule has 0 atom stereocenters. The van der Waals surface area contributed by atoms with E-state index in [1.54, 1.807) is 24.3 Å². The van der Waals surface area contributed by atoms with Crippen molar-refractivity contribution in [1.29, 1.82) is 0 Å². The molecular weight excluding hydrogens is 292 g/mol. The van der Waals surface area contributed by atoms with E-state index in [4.69, 9.17) is 18.0 Å². The molecule has 0 bridgehead atoms. The highest BCUT2D eigenvalue weighted by atomic mass is 32.2. The van der Waals surface area contributed by atoms with Gasteiger partial charge in [-0.3, -0.25) is 0 Å². The fraction of sp³-hybridized carbons (Fsp3) is 0.500. The normalized spacial score (nSPS) is 17.4. The van der Waals surface area contributed by atoms with E-state index in [1.165, 1.54) is 0 Å². The Morgan fingerprint density at radius 3 is 2.55 bits per heavy atom. The molecule has 4 nitrogen and oxygen atoms in total. The second-order valence-corrected chi connectivity index (χ2v) is 7.53. The van der Waals surface area contributed by atoms with E-state index in [0.717, 1.165) is 25.7 Å². The van der Waals surface area contributed by atoms with Gasteiger partial charge in [0.2, 0.25) is 10.0 Å². The highest BCUT2D eigenvalue weighted by Gasteiger charge is 2.38. The van der Waals surface area contributed by atoms with Crippen LogP contribution < -0.4 is 10.5 Å². The second kappa shape index (κ2) is 5.79. The zero-order chi connectivity index (χ0) is 14.8. The number of sulfonamides is 1. The first-order valence-corrected chi connectivity index (χ1v) is 8.83. The molecule has 1 aliphatic rings. The number of benzene rings is 1. The number of hydrogen-bond acceptors (Lipinski definition) is 3. The monoisotopic (exact) mass is 312 g/mol. The van der Waals surface area contributed by atoms with Crippen LogP contribution in [-0.2, 0) is 15.8 Å². The standard InChI is InChI=1S/C14H20N2O2S2/c1-2-14(8-5-9-14)16-20(17,18)10-11-6-3-4-7-12(11)13(15)19/h3-4,6-7,16H,2,5,8-10H2,1H3,(H2,15,19). The molecular formula is C14H20N2O2S2. The van der Waals surface area contributed by atoms with Gasteiger partial charge in [-0.25, -0.2) is 13.1 Å². The van der Waals surface area contributed by atoms with Crippen LogP contribution in [0.4, 0.5) is 0 Å². The van der Waals surface area contributed by atoms with E-state index in [2.05, 4.69) is 4.72 Å². The lowest BCUT2D eigenvalue weighted by atomic mass is 9.76. The third kappa shape index (κ3) is 3.37. The molecule has 0 spiro atoms. The predicted molar refractivity (Wildman–Crippen MR) is 85.0 cm³/mol. The molecule has 0 heterocycles. The quantitative estimate of drug-likeness (QED) is 0.789. The first-order chi connectivity index (χ1) is 9.37.